The molecule has 1 aromatic heterocycles. The number of carbonyl (C=O) groups is 1. The molecule has 3 rings (SSSR count). The van der Waals surface area contributed by atoms with E-state index in [1.54, 1.807) is 12.1 Å². The zero-order chi connectivity index (χ0) is 19.6. The molecule has 0 aliphatic rings. The van der Waals surface area contributed by atoms with Crippen LogP contribution in [0.1, 0.15) is 30.7 Å². The van der Waals surface area contributed by atoms with Gasteiger partial charge in [0.15, 0.2) is 0 Å². The van der Waals surface area contributed by atoms with Gasteiger partial charge in [-0.15, -0.1) is 0 Å². The zero-order valence-corrected chi connectivity index (χ0v) is 16.4. The third kappa shape index (κ3) is 3.74. The summed E-state index contributed by atoms with van der Waals surface area (Å²) in [6.07, 6.45) is 1.47. The molecule has 0 fully saturated rings. The van der Waals surface area contributed by atoms with Crippen LogP contribution in [0, 0.1) is 6.92 Å². The predicted octanol–water partition coefficient (Wildman–Crippen LogP) is 4.12. The fourth-order valence-electron chi connectivity index (χ4n) is 3.29. The van der Waals surface area contributed by atoms with Crippen molar-refractivity contribution in [2.45, 2.75) is 40.2 Å². The van der Waals surface area contributed by atoms with Gasteiger partial charge < -0.3 is 5.32 Å². The Balaban J connectivity index is 1.94. The second-order valence-corrected chi connectivity index (χ2v) is 6.82. The average molecular weight is 384 g/mol. The molecular weight excluding hydrogens is 362 g/mol. The predicted molar refractivity (Wildman–Crippen MR) is 110 cm³/mol. The maximum atomic E-state index is 12.7. The van der Waals surface area contributed by atoms with Crippen molar-refractivity contribution in [2.75, 3.05) is 5.32 Å². The second kappa shape index (κ2) is 7.92. The summed E-state index contributed by atoms with van der Waals surface area (Å²) in [7, 11) is 0. The topological polar surface area (TPSA) is 64.0 Å². The smallest absolute Gasteiger partial charge is 0.275 e. The quantitative estimate of drug-likeness (QED) is 0.720. The van der Waals surface area contributed by atoms with Crippen LogP contribution in [0.25, 0.3) is 10.8 Å². The molecule has 3 aromatic rings. The summed E-state index contributed by atoms with van der Waals surface area (Å²) in [4.78, 5) is 25.3. The van der Waals surface area contributed by atoms with Crippen LogP contribution in [-0.4, -0.2) is 15.7 Å². The highest BCUT2D eigenvalue weighted by molar-refractivity contribution is 6.32. The fourth-order valence-corrected chi connectivity index (χ4v) is 3.58. The van der Waals surface area contributed by atoms with E-state index in [0.29, 0.717) is 22.5 Å². The molecule has 27 heavy (non-hydrogen) atoms. The number of anilines is 1. The number of amides is 1. The van der Waals surface area contributed by atoms with Crippen molar-refractivity contribution in [3.8, 4) is 0 Å². The highest BCUT2D eigenvalue weighted by Crippen LogP contribution is 2.29. The summed E-state index contributed by atoms with van der Waals surface area (Å²) < 4.78 is 1.22. The molecule has 0 saturated heterocycles. The number of hydrogen-bond acceptors (Lipinski definition) is 3. The molecule has 0 unspecified atom stereocenters. The fraction of sp³-hybridized carbons (Fsp3) is 0.286. The minimum atomic E-state index is -0.300. The molecule has 1 heterocycles. The molecule has 0 radical (unpaired) electrons. The monoisotopic (exact) mass is 383 g/mol. The zero-order valence-electron chi connectivity index (χ0n) is 15.7. The molecule has 140 valence electrons. The highest BCUT2D eigenvalue weighted by Gasteiger charge is 2.15. The number of aryl methyl sites for hydroxylation is 2. The van der Waals surface area contributed by atoms with Crippen molar-refractivity contribution in [3.63, 3.8) is 0 Å². The van der Waals surface area contributed by atoms with Crippen molar-refractivity contribution >= 4 is 34.0 Å². The van der Waals surface area contributed by atoms with E-state index in [1.165, 1.54) is 4.68 Å². The highest BCUT2D eigenvalue weighted by atomic mass is 35.5. The first kappa shape index (κ1) is 19.1. The molecule has 6 heteroatoms. The van der Waals surface area contributed by atoms with Crippen molar-refractivity contribution in [3.05, 3.63) is 68.6 Å². The molecule has 5 nitrogen and oxygen atoms in total. The van der Waals surface area contributed by atoms with Crippen LogP contribution < -0.4 is 10.9 Å². The Morgan fingerprint density at radius 2 is 1.81 bits per heavy atom. The van der Waals surface area contributed by atoms with Gasteiger partial charge in [-0.2, -0.15) is 5.10 Å². The number of rotatable bonds is 5. The first-order valence-electron chi connectivity index (χ1n) is 9.02. The van der Waals surface area contributed by atoms with Gasteiger partial charge in [0.1, 0.15) is 6.54 Å². The maximum Gasteiger partial charge on any atom is 0.275 e. The van der Waals surface area contributed by atoms with E-state index in [1.807, 2.05) is 45.0 Å². The van der Waals surface area contributed by atoms with Gasteiger partial charge in [0.2, 0.25) is 5.91 Å². The van der Waals surface area contributed by atoms with Crippen molar-refractivity contribution < 1.29 is 4.79 Å². The maximum absolute atomic E-state index is 12.7. The number of aromatic nitrogens is 2. The van der Waals surface area contributed by atoms with Gasteiger partial charge in [-0.25, -0.2) is 4.68 Å². The Labute approximate surface area is 163 Å². The van der Waals surface area contributed by atoms with E-state index >= 15 is 0 Å². The summed E-state index contributed by atoms with van der Waals surface area (Å²) in [5, 5.41) is 9.23. The van der Waals surface area contributed by atoms with Crippen LogP contribution in [0.5, 0.6) is 0 Å². The summed E-state index contributed by atoms with van der Waals surface area (Å²) in [6, 6.07) is 11.1. The summed E-state index contributed by atoms with van der Waals surface area (Å²) >= 11 is 6.29. The van der Waals surface area contributed by atoms with Crippen LogP contribution in [0.15, 0.2) is 41.2 Å². The van der Waals surface area contributed by atoms with Crippen molar-refractivity contribution in [1.82, 2.24) is 9.78 Å². The van der Waals surface area contributed by atoms with Crippen LogP contribution >= 0.6 is 11.6 Å². The molecule has 0 bridgehead atoms. The molecule has 0 atom stereocenters. The van der Waals surface area contributed by atoms with E-state index in [9.17, 15) is 9.59 Å². The van der Waals surface area contributed by atoms with E-state index in [2.05, 4.69) is 10.4 Å². The summed E-state index contributed by atoms with van der Waals surface area (Å²) in [5.74, 6) is -0.300. The number of fused-ring (bicyclic) bond motifs is 1. The molecule has 1 N–H and O–H groups in total. The SMILES string of the molecule is CCc1ccc(Cl)c(CC)c1NC(=O)Cn1nc(C)c2ccccc2c1=O. The number of nitrogens with one attached hydrogen (secondary N) is 1. The number of halogens is 1. The van der Waals surface area contributed by atoms with Gasteiger partial charge in [0.05, 0.1) is 11.1 Å². The summed E-state index contributed by atoms with van der Waals surface area (Å²) in [6.45, 7) is 5.70. The molecule has 0 spiro atoms. The van der Waals surface area contributed by atoms with Crippen LogP contribution in [-0.2, 0) is 24.2 Å². The van der Waals surface area contributed by atoms with Gasteiger partial charge in [-0.05, 0) is 43.0 Å². The lowest BCUT2D eigenvalue weighted by Gasteiger charge is -2.16. The van der Waals surface area contributed by atoms with Gasteiger partial charge in [0, 0.05) is 16.1 Å². The Morgan fingerprint density at radius 3 is 2.48 bits per heavy atom. The third-order valence-electron chi connectivity index (χ3n) is 4.69. The standard InChI is InChI=1S/C21H22ClN3O2/c1-4-14-10-11-18(22)15(5-2)20(14)23-19(26)12-25-21(27)17-9-7-6-8-16(17)13(3)24-25/h6-11H,4-5,12H2,1-3H3,(H,23,26). The number of carbonyl (C=O) groups excluding carboxylic acids is 1. The third-order valence-corrected chi connectivity index (χ3v) is 5.04. The Bertz CT molecular complexity index is 1070. The second-order valence-electron chi connectivity index (χ2n) is 6.41. The lowest BCUT2D eigenvalue weighted by molar-refractivity contribution is -0.117. The first-order valence-corrected chi connectivity index (χ1v) is 9.40. The number of hydrogen-bond donors (Lipinski definition) is 1. The Morgan fingerprint density at radius 1 is 1.11 bits per heavy atom. The molecule has 0 aliphatic carbocycles. The summed E-state index contributed by atoms with van der Waals surface area (Å²) in [5.41, 5.74) is 3.09. The minimum Gasteiger partial charge on any atom is -0.324 e. The average Bonchev–Trinajstić information content (AvgIpc) is 2.66. The van der Waals surface area contributed by atoms with Crippen LogP contribution in [0.2, 0.25) is 5.02 Å². The van der Waals surface area contributed by atoms with Crippen LogP contribution in [0.4, 0.5) is 5.69 Å². The van der Waals surface area contributed by atoms with E-state index in [4.69, 9.17) is 11.6 Å². The first-order chi connectivity index (χ1) is 13.0. The van der Waals surface area contributed by atoms with Crippen LogP contribution in [0.3, 0.4) is 0 Å². The lowest BCUT2D eigenvalue weighted by atomic mass is 10.0. The lowest BCUT2D eigenvalue weighted by Crippen LogP contribution is -2.30. The largest absolute Gasteiger partial charge is 0.324 e. The number of nitrogens with zero attached hydrogens (tertiary/aromatic N) is 2. The van der Waals surface area contributed by atoms with Crippen molar-refractivity contribution in [2.24, 2.45) is 0 Å². The normalized spacial score (nSPS) is 11.0. The molecule has 2 aromatic carbocycles. The molecule has 1 amide bonds. The molecule has 0 saturated carbocycles. The van der Waals surface area contributed by atoms with Gasteiger partial charge in [-0.1, -0.05) is 49.7 Å². The van der Waals surface area contributed by atoms with E-state index < -0.39 is 0 Å². The number of benzene rings is 2. The molecule has 0 aliphatic heterocycles. The van der Waals surface area contributed by atoms with Gasteiger partial charge in [0.25, 0.3) is 5.56 Å². The minimum absolute atomic E-state index is 0.149. The molecular formula is C21H22ClN3O2. The van der Waals surface area contributed by atoms with E-state index in [-0.39, 0.29) is 18.0 Å². The van der Waals surface area contributed by atoms with Crippen molar-refractivity contribution in [1.29, 1.82) is 0 Å². The Kier molecular flexibility index (Phi) is 5.61. The van der Waals surface area contributed by atoms with Gasteiger partial charge in [-0.3, -0.25) is 9.59 Å². The van der Waals surface area contributed by atoms with E-state index in [0.717, 1.165) is 28.6 Å². The van der Waals surface area contributed by atoms with Gasteiger partial charge >= 0.3 is 0 Å². The Hall–Kier alpha value is -2.66.